The molecule has 1 atom stereocenters. The molecule has 1 unspecified atom stereocenters. The number of ether oxygens (including phenoxy) is 1. The molecule has 1 aliphatic carbocycles. The van der Waals surface area contributed by atoms with Gasteiger partial charge in [-0.15, -0.1) is 11.3 Å². The van der Waals surface area contributed by atoms with Crippen molar-refractivity contribution in [1.82, 2.24) is 0 Å². The molecule has 1 aromatic carbocycles. The third kappa shape index (κ3) is 3.32. The number of anilines is 1. The van der Waals surface area contributed by atoms with Gasteiger partial charge < -0.3 is 15.2 Å². The number of nitrogens with one attached hydrogen (secondary N) is 1. The maximum atomic E-state index is 8.74. The summed E-state index contributed by atoms with van der Waals surface area (Å²) in [5.41, 5.74) is 1.12. The van der Waals surface area contributed by atoms with Crippen molar-refractivity contribution in [2.75, 3.05) is 18.5 Å². The maximum Gasteiger partial charge on any atom is 0.119 e. The highest BCUT2D eigenvalue weighted by Gasteiger charge is 2.32. The Hall–Kier alpha value is -1.52. The zero-order chi connectivity index (χ0) is 13.8. The van der Waals surface area contributed by atoms with Crippen LogP contribution in [0.1, 0.15) is 23.8 Å². The molecule has 1 fully saturated rings. The lowest BCUT2D eigenvalue weighted by atomic mass is 10.1. The van der Waals surface area contributed by atoms with E-state index in [1.165, 1.54) is 17.7 Å². The van der Waals surface area contributed by atoms with Crippen molar-refractivity contribution in [1.29, 1.82) is 0 Å². The van der Waals surface area contributed by atoms with E-state index in [9.17, 15) is 0 Å². The highest BCUT2D eigenvalue weighted by Crippen LogP contribution is 2.44. The Morgan fingerprint density at radius 1 is 1.25 bits per heavy atom. The van der Waals surface area contributed by atoms with Crippen LogP contribution in [0, 0.1) is 5.92 Å². The van der Waals surface area contributed by atoms with Crippen LogP contribution in [0.4, 0.5) is 5.69 Å². The topological polar surface area (TPSA) is 41.5 Å². The first-order valence-electron chi connectivity index (χ1n) is 7.00. The number of hydrogen-bond donors (Lipinski definition) is 2. The second-order valence-electron chi connectivity index (χ2n) is 5.07. The van der Waals surface area contributed by atoms with E-state index < -0.39 is 0 Å². The maximum absolute atomic E-state index is 8.74. The minimum Gasteiger partial charge on any atom is -0.491 e. The van der Waals surface area contributed by atoms with Crippen LogP contribution in [0.2, 0.25) is 0 Å². The Morgan fingerprint density at radius 2 is 2.05 bits per heavy atom. The number of rotatable bonds is 7. The summed E-state index contributed by atoms with van der Waals surface area (Å²) < 4.78 is 5.37. The predicted molar refractivity (Wildman–Crippen MR) is 82.4 cm³/mol. The molecule has 1 saturated carbocycles. The van der Waals surface area contributed by atoms with Gasteiger partial charge in [0.05, 0.1) is 12.6 Å². The fraction of sp³-hybridized carbons (Fsp3) is 0.375. The molecular formula is C16H19NO2S. The first-order chi connectivity index (χ1) is 9.86. The van der Waals surface area contributed by atoms with Gasteiger partial charge in [-0.3, -0.25) is 0 Å². The van der Waals surface area contributed by atoms with Crippen LogP contribution < -0.4 is 10.1 Å². The molecule has 0 bridgehead atoms. The van der Waals surface area contributed by atoms with Gasteiger partial charge in [0.2, 0.25) is 0 Å². The number of aliphatic hydroxyl groups is 1. The van der Waals surface area contributed by atoms with Crippen molar-refractivity contribution in [3.05, 3.63) is 46.7 Å². The average molecular weight is 289 g/mol. The highest BCUT2D eigenvalue weighted by atomic mass is 32.1. The monoisotopic (exact) mass is 289 g/mol. The van der Waals surface area contributed by atoms with Crippen molar-refractivity contribution in [3.63, 3.8) is 0 Å². The standard InChI is InChI=1S/C16H19NO2S/c18-9-10-19-14-7-5-13(6-8-14)17-16(12-3-4-12)15-2-1-11-20-15/h1-2,5-8,11-12,16-18H,3-4,9-10H2. The van der Waals surface area contributed by atoms with Crippen LogP contribution in [-0.2, 0) is 0 Å². The van der Waals surface area contributed by atoms with E-state index in [2.05, 4.69) is 22.8 Å². The van der Waals surface area contributed by atoms with E-state index in [0.29, 0.717) is 12.6 Å². The molecule has 1 aromatic heterocycles. The Bertz CT molecular complexity index is 520. The van der Waals surface area contributed by atoms with Gasteiger partial charge >= 0.3 is 0 Å². The van der Waals surface area contributed by atoms with E-state index >= 15 is 0 Å². The first-order valence-corrected chi connectivity index (χ1v) is 7.88. The Morgan fingerprint density at radius 3 is 2.65 bits per heavy atom. The molecule has 0 radical (unpaired) electrons. The predicted octanol–water partition coefficient (Wildman–Crippen LogP) is 3.68. The smallest absolute Gasteiger partial charge is 0.119 e. The molecule has 0 saturated heterocycles. The van der Waals surface area contributed by atoms with E-state index in [-0.39, 0.29) is 6.61 Å². The lowest BCUT2D eigenvalue weighted by molar-refractivity contribution is 0.201. The molecule has 106 valence electrons. The molecule has 2 N–H and O–H groups in total. The Labute approximate surface area is 123 Å². The van der Waals surface area contributed by atoms with Gasteiger partial charge in [-0.2, -0.15) is 0 Å². The number of aliphatic hydroxyl groups excluding tert-OH is 1. The summed E-state index contributed by atoms with van der Waals surface area (Å²) in [6, 6.07) is 12.7. The molecule has 20 heavy (non-hydrogen) atoms. The molecule has 0 spiro atoms. The molecule has 3 nitrogen and oxygen atoms in total. The zero-order valence-corrected chi connectivity index (χ0v) is 12.1. The van der Waals surface area contributed by atoms with Crippen LogP contribution in [0.25, 0.3) is 0 Å². The molecule has 0 aliphatic heterocycles. The summed E-state index contributed by atoms with van der Waals surface area (Å²) in [6.45, 7) is 0.384. The van der Waals surface area contributed by atoms with Crippen LogP contribution >= 0.6 is 11.3 Å². The molecule has 0 amide bonds. The summed E-state index contributed by atoms with van der Waals surface area (Å²) in [4.78, 5) is 1.41. The average Bonchev–Trinajstić information content (AvgIpc) is 3.18. The van der Waals surface area contributed by atoms with Gasteiger partial charge in [-0.1, -0.05) is 6.07 Å². The molecule has 1 aliphatic rings. The van der Waals surface area contributed by atoms with Crippen molar-refractivity contribution in [2.24, 2.45) is 5.92 Å². The lowest BCUT2D eigenvalue weighted by Crippen LogP contribution is -2.11. The number of thiophene rings is 1. The summed E-state index contributed by atoms with van der Waals surface area (Å²) in [5.74, 6) is 1.56. The second-order valence-corrected chi connectivity index (χ2v) is 6.05. The SMILES string of the molecule is OCCOc1ccc(NC(c2cccs2)C2CC2)cc1. The van der Waals surface area contributed by atoms with Crippen LogP contribution in [0.15, 0.2) is 41.8 Å². The van der Waals surface area contributed by atoms with E-state index in [4.69, 9.17) is 9.84 Å². The third-order valence-corrected chi connectivity index (χ3v) is 4.44. The van der Waals surface area contributed by atoms with Gasteiger partial charge in [-0.25, -0.2) is 0 Å². The van der Waals surface area contributed by atoms with Crippen molar-refractivity contribution < 1.29 is 9.84 Å². The molecule has 3 rings (SSSR count). The number of hydrogen-bond acceptors (Lipinski definition) is 4. The van der Waals surface area contributed by atoms with Crippen molar-refractivity contribution >= 4 is 17.0 Å². The normalized spacial score (nSPS) is 15.8. The van der Waals surface area contributed by atoms with Gasteiger partial charge in [-0.05, 0) is 54.5 Å². The van der Waals surface area contributed by atoms with Gasteiger partial charge in [0.1, 0.15) is 12.4 Å². The van der Waals surface area contributed by atoms with Crippen LogP contribution in [-0.4, -0.2) is 18.3 Å². The molecule has 2 aromatic rings. The van der Waals surface area contributed by atoms with E-state index in [1.807, 2.05) is 35.6 Å². The highest BCUT2D eigenvalue weighted by molar-refractivity contribution is 7.10. The van der Waals surface area contributed by atoms with Crippen LogP contribution in [0.5, 0.6) is 5.75 Å². The fourth-order valence-corrected chi connectivity index (χ4v) is 3.18. The first kappa shape index (κ1) is 13.5. The Balaban J connectivity index is 1.66. The van der Waals surface area contributed by atoms with E-state index in [0.717, 1.165) is 17.4 Å². The van der Waals surface area contributed by atoms with Crippen molar-refractivity contribution in [2.45, 2.75) is 18.9 Å². The molecule has 4 heteroatoms. The third-order valence-electron chi connectivity index (χ3n) is 3.48. The minimum absolute atomic E-state index is 0.0438. The van der Waals surface area contributed by atoms with Crippen molar-refractivity contribution in [3.8, 4) is 5.75 Å². The number of benzene rings is 1. The van der Waals surface area contributed by atoms with Gasteiger partial charge in [0, 0.05) is 10.6 Å². The quantitative estimate of drug-likeness (QED) is 0.817. The molecular weight excluding hydrogens is 270 g/mol. The lowest BCUT2D eigenvalue weighted by Gasteiger charge is -2.18. The molecule has 1 heterocycles. The summed E-state index contributed by atoms with van der Waals surface area (Å²) >= 11 is 1.82. The van der Waals surface area contributed by atoms with Gasteiger partial charge in [0.15, 0.2) is 0 Å². The minimum atomic E-state index is 0.0438. The zero-order valence-electron chi connectivity index (χ0n) is 11.3. The largest absolute Gasteiger partial charge is 0.491 e. The summed E-state index contributed by atoms with van der Waals surface area (Å²) in [5, 5.41) is 14.5. The second kappa shape index (κ2) is 6.29. The van der Waals surface area contributed by atoms with E-state index in [1.54, 1.807) is 0 Å². The summed E-state index contributed by atoms with van der Waals surface area (Å²) in [6.07, 6.45) is 2.63. The fourth-order valence-electron chi connectivity index (χ4n) is 2.31. The van der Waals surface area contributed by atoms with Gasteiger partial charge in [0.25, 0.3) is 0 Å². The summed E-state index contributed by atoms with van der Waals surface area (Å²) in [7, 11) is 0. The Kier molecular flexibility index (Phi) is 4.23. The van der Waals surface area contributed by atoms with Crippen LogP contribution in [0.3, 0.4) is 0 Å².